The second-order valence-corrected chi connectivity index (χ2v) is 6.56. The number of amides is 1. The van der Waals surface area contributed by atoms with Gasteiger partial charge >= 0.3 is 5.97 Å². The molecule has 0 aliphatic carbocycles. The van der Waals surface area contributed by atoms with Crippen molar-refractivity contribution in [2.75, 3.05) is 0 Å². The maximum absolute atomic E-state index is 11.8. The molecule has 2 rings (SSSR count). The summed E-state index contributed by atoms with van der Waals surface area (Å²) in [6.45, 7) is 0. The minimum atomic E-state index is -0.966. The summed E-state index contributed by atoms with van der Waals surface area (Å²) in [5.74, 6) is -1.20. The van der Waals surface area contributed by atoms with Gasteiger partial charge in [0.1, 0.15) is 6.04 Å². The molecule has 0 bridgehead atoms. The Labute approximate surface area is 119 Å². The summed E-state index contributed by atoms with van der Waals surface area (Å²) in [5.41, 5.74) is 0. The quantitative estimate of drug-likeness (QED) is 0.845. The molecule has 1 amide bonds. The number of thiophene rings is 1. The normalized spacial score (nSPS) is 19.3. The number of allylic oxidation sites excluding steroid dienone is 1. The van der Waals surface area contributed by atoms with Crippen LogP contribution in [0, 0.1) is 0 Å². The molecule has 0 aromatic carbocycles. The number of carbonyl (C=O) groups excluding carboxylic acids is 1. The van der Waals surface area contributed by atoms with Crippen LogP contribution in [0.2, 0.25) is 0 Å². The summed E-state index contributed by atoms with van der Waals surface area (Å²) in [7, 11) is 0. The molecule has 6 heteroatoms. The third-order valence-corrected chi connectivity index (χ3v) is 4.81. The lowest BCUT2D eigenvalue weighted by Gasteiger charge is -2.17. The van der Waals surface area contributed by atoms with Gasteiger partial charge in [0.2, 0.25) is 5.91 Å². The number of carboxylic acids is 1. The van der Waals surface area contributed by atoms with E-state index in [-0.39, 0.29) is 17.6 Å². The first-order valence-electron chi connectivity index (χ1n) is 6.00. The number of thioether (sulfide) groups is 1. The minimum Gasteiger partial charge on any atom is -0.480 e. The second kappa shape index (κ2) is 6.77. The maximum atomic E-state index is 11.8. The first kappa shape index (κ1) is 14.1. The lowest BCUT2D eigenvalue weighted by atomic mass is 10.1. The average Bonchev–Trinajstić information content (AvgIpc) is 3.00. The van der Waals surface area contributed by atoms with E-state index < -0.39 is 12.0 Å². The Morgan fingerprint density at radius 3 is 2.95 bits per heavy atom. The fourth-order valence-corrected chi connectivity index (χ4v) is 3.56. The highest BCUT2D eigenvalue weighted by atomic mass is 32.2. The van der Waals surface area contributed by atoms with E-state index >= 15 is 0 Å². The van der Waals surface area contributed by atoms with Crippen LogP contribution in [0.15, 0.2) is 29.0 Å². The van der Waals surface area contributed by atoms with E-state index in [1.54, 1.807) is 11.8 Å². The van der Waals surface area contributed by atoms with E-state index in [0.717, 1.165) is 11.3 Å². The summed E-state index contributed by atoms with van der Waals surface area (Å²) in [5, 5.41) is 15.9. The van der Waals surface area contributed by atoms with Crippen molar-refractivity contribution in [1.82, 2.24) is 5.32 Å². The molecule has 1 aromatic rings. The van der Waals surface area contributed by atoms with E-state index in [1.165, 1.54) is 11.3 Å². The van der Waals surface area contributed by atoms with Gasteiger partial charge in [0.15, 0.2) is 0 Å². The van der Waals surface area contributed by atoms with Crippen molar-refractivity contribution in [3.8, 4) is 0 Å². The smallest absolute Gasteiger partial charge is 0.326 e. The summed E-state index contributed by atoms with van der Waals surface area (Å²) < 4.78 is 0. The van der Waals surface area contributed by atoms with Gasteiger partial charge in [-0.1, -0.05) is 12.1 Å². The molecule has 1 aromatic heterocycles. The van der Waals surface area contributed by atoms with Crippen LogP contribution in [0.3, 0.4) is 0 Å². The topological polar surface area (TPSA) is 66.4 Å². The molecular weight excluding hydrogens is 282 g/mol. The van der Waals surface area contributed by atoms with Crippen LogP contribution in [0.25, 0.3) is 0 Å². The van der Waals surface area contributed by atoms with Crippen molar-refractivity contribution in [1.29, 1.82) is 0 Å². The van der Waals surface area contributed by atoms with Gasteiger partial charge in [-0.05, 0) is 29.7 Å². The zero-order valence-electron chi connectivity index (χ0n) is 10.2. The number of rotatable bonds is 6. The highest BCUT2D eigenvalue weighted by Crippen LogP contribution is 2.27. The zero-order valence-corrected chi connectivity index (χ0v) is 11.9. The molecule has 1 aliphatic heterocycles. The molecule has 4 nitrogen and oxygen atoms in total. The second-order valence-electron chi connectivity index (χ2n) is 4.32. The van der Waals surface area contributed by atoms with Gasteiger partial charge in [-0.3, -0.25) is 4.79 Å². The van der Waals surface area contributed by atoms with Gasteiger partial charge in [0.05, 0.1) is 6.42 Å². The van der Waals surface area contributed by atoms with E-state index in [0.29, 0.717) is 6.42 Å². The van der Waals surface area contributed by atoms with Crippen LogP contribution in [0.1, 0.15) is 17.7 Å². The average molecular weight is 297 g/mol. The molecule has 1 unspecified atom stereocenters. The predicted molar refractivity (Wildman–Crippen MR) is 77.3 cm³/mol. The lowest BCUT2D eigenvalue weighted by molar-refractivity contribution is -0.141. The number of carbonyl (C=O) groups is 2. The number of nitrogens with one attached hydrogen (secondary N) is 1. The van der Waals surface area contributed by atoms with Crippen LogP contribution < -0.4 is 5.32 Å². The van der Waals surface area contributed by atoms with Crippen molar-refractivity contribution in [3.63, 3.8) is 0 Å². The maximum Gasteiger partial charge on any atom is 0.326 e. The Balaban J connectivity index is 1.85. The standard InChI is InChI=1S/C13H15NO3S2/c15-12(8-10-4-2-6-19-10)14-11(13(16)17)7-9-3-1-5-18-9/h1-2,4-6,9,11H,3,7-8H2,(H,14,15)(H,16,17)/t9?,11-/m0/s1. The first-order chi connectivity index (χ1) is 9.15. The van der Waals surface area contributed by atoms with Gasteiger partial charge in [-0.2, -0.15) is 0 Å². The van der Waals surface area contributed by atoms with E-state index in [9.17, 15) is 9.59 Å². The number of hydrogen-bond donors (Lipinski definition) is 2. The lowest BCUT2D eigenvalue weighted by Crippen LogP contribution is -2.42. The summed E-state index contributed by atoms with van der Waals surface area (Å²) in [6, 6.07) is 2.95. The Morgan fingerprint density at radius 2 is 2.37 bits per heavy atom. The van der Waals surface area contributed by atoms with E-state index in [4.69, 9.17) is 5.11 Å². The molecule has 19 heavy (non-hydrogen) atoms. The molecule has 0 saturated carbocycles. The number of carboxylic acid groups (broad SMARTS) is 1. The van der Waals surface area contributed by atoms with Crippen LogP contribution in [-0.2, 0) is 16.0 Å². The highest BCUT2D eigenvalue weighted by Gasteiger charge is 2.25. The molecular formula is C13H15NO3S2. The molecule has 2 N–H and O–H groups in total. The van der Waals surface area contributed by atoms with Gasteiger partial charge in [0.25, 0.3) is 0 Å². The van der Waals surface area contributed by atoms with Gasteiger partial charge < -0.3 is 10.4 Å². The predicted octanol–water partition coefficient (Wildman–Crippen LogP) is 2.27. The number of hydrogen-bond acceptors (Lipinski definition) is 4. The fraction of sp³-hybridized carbons (Fsp3) is 0.385. The summed E-state index contributed by atoms with van der Waals surface area (Å²) in [6.07, 6.45) is 3.61. The Bertz CT molecular complexity index is 462. The van der Waals surface area contributed by atoms with Crippen LogP contribution in [0.5, 0.6) is 0 Å². The Morgan fingerprint density at radius 1 is 1.53 bits per heavy atom. The molecule has 1 aliphatic rings. The number of aliphatic carboxylic acids is 1. The van der Waals surface area contributed by atoms with E-state index in [2.05, 4.69) is 5.32 Å². The minimum absolute atomic E-state index is 0.231. The SMILES string of the molecule is O=C(Cc1cccs1)N[C@@H](CC1CC=CS1)C(=O)O. The van der Waals surface area contributed by atoms with Crippen molar-refractivity contribution in [2.45, 2.75) is 30.6 Å². The Kier molecular flexibility index (Phi) is 5.04. The molecule has 0 radical (unpaired) electrons. The van der Waals surface area contributed by atoms with Crippen LogP contribution >= 0.6 is 23.1 Å². The molecule has 0 spiro atoms. The van der Waals surface area contributed by atoms with Crippen molar-refractivity contribution in [2.24, 2.45) is 0 Å². The zero-order chi connectivity index (χ0) is 13.7. The third-order valence-electron chi connectivity index (χ3n) is 2.81. The summed E-state index contributed by atoms with van der Waals surface area (Å²) >= 11 is 3.12. The molecule has 102 valence electrons. The molecule has 2 heterocycles. The first-order valence-corrected chi connectivity index (χ1v) is 7.82. The Hall–Kier alpha value is -1.27. The van der Waals surface area contributed by atoms with E-state index in [1.807, 2.05) is 29.0 Å². The monoisotopic (exact) mass is 297 g/mol. The van der Waals surface area contributed by atoms with Gasteiger partial charge in [-0.25, -0.2) is 4.79 Å². The van der Waals surface area contributed by atoms with Crippen molar-refractivity contribution in [3.05, 3.63) is 33.9 Å². The summed E-state index contributed by atoms with van der Waals surface area (Å²) in [4.78, 5) is 23.9. The van der Waals surface area contributed by atoms with Gasteiger partial charge in [-0.15, -0.1) is 23.1 Å². The van der Waals surface area contributed by atoms with Crippen LogP contribution in [0.4, 0.5) is 0 Å². The largest absolute Gasteiger partial charge is 0.480 e. The fourth-order valence-electron chi connectivity index (χ4n) is 1.88. The van der Waals surface area contributed by atoms with Crippen LogP contribution in [-0.4, -0.2) is 28.3 Å². The van der Waals surface area contributed by atoms with Gasteiger partial charge in [0, 0.05) is 10.1 Å². The molecule has 0 fully saturated rings. The molecule has 2 atom stereocenters. The van der Waals surface area contributed by atoms with Crippen molar-refractivity contribution >= 4 is 35.0 Å². The third kappa shape index (κ3) is 4.40. The highest BCUT2D eigenvalue weighted by molar-refractivity contribution is 8.03. The van der Waals surface area contributed by atoms with Crippen molar-refractivity contribution < 1.29 is 14.7 Å². The molecule has 0 saturated heterocycles.